The van der Waals surface area contributed by atoms with Crippen molar-refractivity contribution in [2.75, 3.05) is 12.4 Å². The molecule has 0 saturated carbocycles. The van der Waals surface area contributed by atoms with Crippen molar-refractivity contribution in [3.8, 4) is 5.75 Å². The van der Waals surface area contributed by atoms with Gasteiger partial charge in [0.15, 0.2) is 0 Å². The lowest BCUT2D eigenvalue weighted by Gasteiger charge is -2.25. The molecule has 0 spiro atoms. The van der Waals surface area contributed by atoms with Crippen LogP contribution in [-0.4, -0.2) is 23.2 Å². The van der Waals surface area contributed by atoms with Gasteiger partial charge in [0.1, 0.15) is 16.9 Å². The first-order valence-electron chi connectivity index (χ1n) is 7.56. The highest BCUT2D eigenvalue weighted by Crippen LogP contribution is 2.40. The van der Waals surface area contributed by atoms with Gasteiger partial charge in [-0.25, -0.2) is 4.39 Å². The van der Waals surface area contributed by atoms with Gasteiger partial charge in [-0.15, -0.1) is 11.8 Å². The summed E-state index contributed by atoms with van der Waals surface area (Å²) in [6.07, 6.45) is 0. The quantitative estimate of drug-likeness (QED) is 0.829. The van der Waals surface area contributed by atoms with E-state index in [4.69, 9.17) is 4.74 Å². The molecule has 0 radical (unpaired) electrons. The number of thioether (sulfide) groups is 1. The number of hydrogen-bond donors (Lipinski definition) is 0. The Morgan fingerprint density at radius 3 is 2.87 bits per heavy atom. The lowest BCUT2D eigenvalue weighted by molar-refractivity contribution is -0.128. The normalized spacial score (nSPS) is 17.6. The van der Waals surface area contributed by atoms with E-state index in [-0.39, 0.29) is 23.6 Å². The first-order valence-corrected chi connectivity index (χ1v) is 8.61. The maximum Gasteiger partial charge on any atom is 0.234 e. The summed E-state index contributed by atoms with van der Waals surface area (Å²) < 4.78 is 19.4. The molecule has 0 aliphatic carbocycles. The number of nitrogens with zero attached hydrogens (tertiary/aromatic N) is 1. The van der Waals surface area contributed by atoms with Crippen LogP contribution in [0.2, 0.25) is 0 Å². The van der Waals surface area contributed by atoms with Crippen molar-refractivity contribution in [3.05, 3.63) is 65.5 Å². The molecule has 1 saturated heterocycles. The van der Waals surface area contributed by atoms with Crippen LogP contribution in [0, 0.1) is 5.82 Å². The molecule has 5 heteroatoms. The number of carbonyl (C=O) groups is 1. The van der Waals surface area contributed by atoms with E-state index in [2.05, 4.69) is 0 Å². The molecule has 23 heavy (non-hydrogen) atoms. The first-order chi connectivity index (χ1) is 11.2. The average Bonchev–Trinajstić information content (AvgIpc) is 2.91. The van der Waals surface area contributed by atoms with Crippen LogP contribution >= 0.6 is 11.8 Å². The summed E-state index contributed by atoms with van der Waals surface area (Å²) in [7, 11) is 0. The van der Waals surface area contributed by atoms with E-state index in [1.807, 2.05) is 31.2 Å². The minimum atomic E-state index is -0.279. The highest BCUT2D eigenvalue weighted by molar-refractivity contribution is 8.00. The van der Waals surface area contributed by atoms with Crippen LogP contribution in [0.5, 0.6) is 5.75 Å². The van der Waals surface area contributed by atoms with E-state index in [0.717, 1.165) is 11.3 Å². The molecule has 1 aliphatic heterocycles. The predicted molar refractivity (Wildman–Crippen MR) is 89.8 cm³/mol. The third-order valence-electron chi connectivity index (χ3n) is 3.72. The van der Waals surface area contributed by atoms with Gasteiger partial charge < -0.3 is 9.64 Å². The van der Waals surface area contributed by atoms with Crippen LogP contribution in [-0.2, 0) is 11.3 Å². The van der Waals surface area contributed by atoms with E-state index < -0.39 is 0 Å². The molecule has 1 atom stereocenters. The van der Waals surface area contributed by atoms with Gasteiger partial charge in [-0.05, 0) is 30.7 Å². The molecule has 120 valence electrons. The van der Waals surface area contributed by atoms with Crippen molar-refractivity contribution in [3.63, 3.8) is 0 Å². The Balaban J connectivity index is 1.85. The first kappa shape index (κ1) is 15.9. The summed E-state index contributed by atoms with van der Waals surface area (Å²) in [6.45, 7) is 2.81. The molecular weight excluding hydrogens is 313 g/mol. The van der Waals surface area contributed by atoms with Crippen molar-refractivity contribution >= 4 is 17.7 Å². The molecule has 0 N–H and O–H groups in total. The molecular formula is C18H18FNO2S. The van der Waals surface area contributed by atoms with E-state index in [9.17, 15) is 9.18 Å². The lowest BCUT2D eigenvalue weighted by Crippen LogP contribution is -2.28. The van der Waals surface area contributed by atoms with Crippen molar-refractivity contribution in [2.45, 2.75) is 18.8 Å². The third-order valence-corrected chi connectivity index (χ3v) is 4.98. The number of ether oxygens (including phenoxy) is 1. The standard InChI is InChI=1S/C18H18FNO2S/c1-2-22-15-8-5-7-13(10-15)18-20(17(21)12-23-18)11-14-6-3-4-9-16(14)19/h3-10,18H,2,11-12H2,1H3. The molecule has 2 aromatic rings. The van der Waals surface area contributed by atoms with Crippen LogP contribution in [0.1, 0.15) is 23.4 Å². The third kappa shape index (κ3) is 3.50. The van der Waals surface area contributed by atoms with E-state index in [1.54, 1.807) is 34.9 Å². The highest BCUT2D eigenvalue weighted by Gasteiger charge is 2.33. The van der Waals surface area contributed by atoms with Crippen LogP contribution in [0.15, 0.2) is 48.5 Å². The van der Waals surface area contributed by atoms with Gasteiger partial charge in [0.25, 0.3) is 0 Å². The molecule has 1 heterocycles. The molecule has 2 aromatic carbocycles. The van der Waals surface area contributed by atoms with Gasteiger partial charge >= 0.3 is 0 Å². The SMILES string of the molecule is CCOc1cccc(C2SCC(=O)N2Cc2ccccc2F)c1. The van der Waals surface area contributed by atoms with Crippen LogP contribution in [0.3, 0.4) is 0 Å². The summed E-state index contributed by atoms with van der Waals surface area (Å²) in [5, 5.41) is -0.109. The molecule has 3 rings (SSSR count). The van der Waals surface area contributed by atoms with Crippen LogP contribution in [0.4, 0.5) is 4.39 Å². The summed E-state index contributed by atoms with van der Waals surface area (Å²) in [5.41, 5.74) is 1.54. The smallest absolute Gasteiger partial charge is 0.234 e. The number of rotatable bonds is 5. The number of benzene rings is 2. The fraction of sp³-hybridized carbons (Fsp3) is 0.278. The Morgan fingerprint density at radius 1 is 1.26 bits per heavy atom. The second-order valence-electron chi connectivity index (χ2n) is 5.28. The fourth-order valence-electron chi connectivity index (χ4n) is 2.64. The minimum Gasteiger partial charge on any atom is -0.494 e. The van der Waals surface area contributed by atoms with Gasteiger partial charge in [0, 0.05) is 12.1 Å². The Bertz CT molecular complexity index is 707. The zero-order valence-electron chi connectivity index (χ0n) is 12.9. The minimum absolute atomic E-state index is 0.0325. The van der Waals surface area contributed by atoms with Crippen molar-refractivity contribution < 1.29 is 13.9 Å². The summed E-state index contributed by atoms with van der Waals surface area (Å²) in [4.78, 5) is 14.0. The van der Waals surface area contributed by atoms with Crippen molar-refractivity contribution in [2.24, 2.45) is 0 Å². The fourth-order valence-corrected chi connectivity index (χ4v) is 3.81. The maximum absolute atomic E-state index is 13.9. The molecule has 1 unspecified atom stereocenters. The Labute approximate surface area is 139 Å². The lowest BCUT2D eigenvalue weighted by atomic mass is 10.1. The molecule has 0 bridgehead atoms. The molecule has 1 fully saturated rings. The number of halogens is 1. The Kier molecular flexibility index (Phi) is 4.86. The van der Waals surface area contributed by atoms with Gasteiger partial charge in [-0.2, -0.15) is 0 Å². The zero-order valence-corrected chi connectivity index (χ0v) is 13.7. The number of carbonyl (C=O) groups excluding carboxylic acids is 1. The van der Waals surface area contributed by atoms with E-state index >= 15 is 0 Å². The monoisotopic (exact) mass is 331 g/mol. The predicted octanol–water partition coefficient (Wildman–Crippen LogP) is 4.00. The molecule has 1 amide bonds. The maximum atomic E-state index is 13.9. The van der Waals surface area contributed by atoms with Crippen LogP contribution < -0.4 is 4.74 Å². The van der Waals surface area contributed by atoms with Gasteiger partial charge in [-0.1, -0.05) is 30.3 Å². The zero-order chi connectivity index (χ0) is 16.2. The van der Waals surface area contributed by atoms with Crippen molar-refractivity contribution in [1.82, 2.24) is 4.90 Å². The van der Waals surface area contributed by atoms with Gasteiger partial charge in [0.05, 0.1) is 12.4 Å². The summed E-state index contributed by atoms with van der Waals surface area (Å²) in [5.74, 6) is 0.956. The topological polar surface area (TPSA) is 29.5 Å². The number of hydrogen-bond acceptors (Lipinski definition) is 3. The summed E-state index contributed by atoms with van der Waals surface area (Å²) in [6, 6.07) is 14.3. The van der Waals surface area contributed by atoms with Crippen LogP contribution in [0.25, 0.3) is 0 Å². The average molecular weight is 331 g/mol. The summed E-state index contributed by atoms with van der Waals surface area (Å²) >= 11 is 1.56. The largest absolute Gasteiger partial charge is 0.494 e. The van der Waals surface area contributed by atoms with Gasteiger partial charge in [0.2, 0.25) is 5.91 Å². The highest BCUT2D eigenvalue weighted by atomic mass is 32.2. The van der Waals surface area contributed by atoms with Gasteiger partial charge in [-0.3, -0.25) is 4.79 Å². The van der Waals surface area contributed by atoms with E-state index in [1.165, 1.54) is 6.07 Å². The molecule has 3 nitrogen and oxygen atoms in total. The Morgan fingerprint density at radius 2 is 2.09 bits per heavy atom. The molecule has 0 aromatic heterocycles. The second-order valence-corrected chi connectivity index (χ2v) is 6.35. The molecule has 1 aliphatic rings. The van der Waals surface area contributed by atoms with E-state index in [0.29, 0.717) is 17.9 Å². The van der Waals surface area contributed by atoms with Crippen molar-refractivity contribution in [1.29, 1.82) is 0 Å². The number of amides is 1. The second kappa shape index (κ2) is 7.04. The Hall–Kier alpha value is -2.01.